The Morgan fingerprint density at radius 2 is 1.57 bits per heavy atom. The van der Waals surface area contributed by atoms with Gasteiger partial charge < -0.3 is 25.0 Å². The van der Waals surface area contributed by atoms with E-state index in [-0.39, 0.29) is 34.2 Å². The predicted molar refractivity (Wildman–Crippen MR) is 170 cm³/mol. The molecule has 0 amide bonds. The van der Waals surface area contributed by atoms with Crippen molar-refractivity contribution in [3.8, 4) is 11.5 Å². The fourth-order valence-electron chi connectivity index (χ4n) is 4.97. The highest BCUT2D eigenvalue weighted by molar-refractivity contribution is 7.92. The third kappa shape index (κ3) is 7.86. The van der Waals surface area contributed by atoms with E-state index in [0.717, 1.165) is 43.6 Å². The molecule has 0 unspecified atom stereocenters. The van der Waals surface area contributed by atoms with Gasteiger partial charge in [-0.2, -0.15) is 13.8 Å². The topological polar surface area (TPSA) is 109 Å². The van der Waals surface area contributed by atoms with Gasteiger partial charge in [0.15, 0.2) is 21.4 Å². The Morgan fingerprint density at radius 3 is 2.18 bits per heavy atom. The van der Waals surface area contributed by atoms with Crippen LogP contribution in [0.2, 0.25) is 0 Å². The van der Waals surface area contributed by atoms with Gasteiger partial charge in [0, 0.05) is 44.0 Å². The Balaban J connectivity index is 1.69. The molecule has 0 bridgehead atoms. The lowest BCUT2D eigenvalue weighted by Gasteiger charge is -2.39. The van der Waals surface area contributed by atoms with Gasteiger partial charge in [0.25, 0.3) is 0 Å². The van der Waals surface area contributed by atoms with Gasteiger partial charge in [-0.25, -0.2) is 13.4 Å². The lowest BCUT2D eigenvalue weighted by molar-refractivity contribution is -0.0497. The van der Waals surface area contributed by atoms with Gasteiger partial charge in [-0.05, 0) is 72.2 Å². The fourth-order valence-corrected chi connectivity index (χ4v) is 6.17. The molecule has 1 fully saturated rings. The number of aryl methyl sites for hydroxylation is 1. The highest BCUT2D eigenvalue weighted by Gasteiger charge is 2.25. The summed E-state index contributed by atoms with van der Waals surface area (Å²) < 4.78 is 63.4. The van der Waals surface area contributed by atoms with E-state index in [0.29, 0.717) is 17.5 Å². The zero-order valence-electron chi connectivity index (χ0n) is 26.3. The lowest BCUT2D eigenvalue weighted by atomic mass is 10.1. The molecule has 0 saturated carbocycles. The first-order valence-corrected chi connectivity index (χ1v) is 16.3. The Morgan fingerprint density at radius 1 is 0.886 bits per heavy atom. The SMILES string of the molecule is Cc1cc(Nc2ncc(OC(F)F)c(Nc3ccccc3S(=O)(=O)C(C)C)n2)c(OC(C)C)cc1N1CCN(C(C)C)CC1. The van der Waals surface area contributed by atoms with Crippen molar-refractivity contribution in [2.24, 2.45) is 0 Å². The first-order valence-electron chi connectivity index (χ1n) is 14.7. The summed E-state index contributed by atoms with van der Waals surface area (Å²) >= 11 is 0. The number of aromatic nitrogens is 2. The van der Waals surface area contributed by atoms with Crippen molar-refractivity contribution < 1.29 is 26.7 Å². The minimum absolute atomic E-state index is 0.0131. The average molecular weight is 633 g/mol. The minimum atomic E-state index is -3.70. The second-order valence-electron chi connectivity index (χ2n) is 11.5. The summed E-state index contributed by atoms with van der Waals surface area (Å²) in [6, 6.07) is 10.7. The zero-order valence-corrected chi connectivity index (χ0v) is 27.1. The third-order valence-corrected chi connectivity index (χ3v) is 9.54. The van der Waals surface area contributed by atoms with Gasteiger partial charge >= 0.3 is 6.61 Å². The van der Waals surface area contributed by atoms with Gasteiger partial charge in [0.2, 0.25) is 5.95 Å². The van der Waals surface area contributed by atoms with Crippen LogP contribution in [0.5, 0.6) is 11.5 Å². The van der Waals surface area contributed by atoms with Crippen molar-refractivity contribution in [1.29, 1.82) is 0 Å². The van der Waals surface area contributed by atoms with Gasteiger partial charge in [0.1, 0.15) is 5.75 Å². The van der Waals surface area contributed by atoms with Crippen LogP contribution >= 0.6 is 0 Å². The number of halogens is 2. The van der Waals surface area contributed by atoms with E-state index in [1.165, 1.54) is 12.1 Å². The van der Waals surface area contributed by atoms with Crippen molar-refractivity contribution >= 4 is 38.7 Å². The number of nitrogens with one attached hydrogen (secondary N) is 2. The molecule has 2 aromatic carbocycles. The molecular weight excluding hydrogens is 590 g/mol. The molecule has 1 aliphatic rings. The number of para-hydroxylation sites is 1. The second-order valence-corrected chi connectivity index (χ2v) is 14.0. The quantitative estimate of drug-likeness (QED) is 0.234. The first-order chi connectivity index (χ1) is 20.8. The van der Waals surface area contributed by atoms with Crippen LogP contribution in [0, 0.1) is 6.92 Å². The molecule has 10 nitrogen and oxygen atoms in total. The predicted octanol–water partition coefficient (Wildman–Crippen LogP) is 6.37. The number of piperazine rings is 1. The molecule has 13 heteroatoms. The van der Waals surface area contributed by atoms with E-state index >= 15 is 0 Å². The highest BCUT2D eigenvalue weighted by atomic mass is 32.2. The molecule has 1 aliphatic heterocycles. The number of anilines is 5. The standard InChI is InChI=1S/C31H42F2N6O4S/c1-19(2)38-12-14-39(15-13-38)25-17-26(42-20(3)4)24(16-22(25)7)36-31-34-18-27(43-30(32)33)29(37-31)35-23-10-8-9-11-28(23)44(40,41)21(5)6/h8-11,16-21,30H,12-15H2,1-7H3,(H2,34,35,36,37). The molecule has 0 spiro atoms. The van der Waals surface area contributed by atoms with Gasteiger partial charge in [0.05, 0.1) is 33.8 Å². The van der Waals surface area contributed by atoms with Crippen molar-refractivity contribution in [2.45, 2.75) is 77.4 Å². The largest absolute Gasteiger partial charge is 0.489 e. The summed E-state index contributed by atoms with van der Waals surface area (Å²) in [4.78, 5) is 13.4. The normalized spacial score (nSPS) is 14.5. The van der Waals surface area contributed by atoms with Crippen LogP contribution < -0.4 is 25.0 Å². The first kappa shape index (κ1) is 33.2. The van der Waals surface area contributed by atoms with E-state index < -0.39 is 21.7 Å². The molecule has 1 aromatic heterocycles. The Hall–Kier alpha value is -3.71. The molecule has 1 saturated heterocycles. The van der Waals surface area contributed by atoms with Crippen LogP contribution in [-0.2, 0) is 9.84 Å². The van der Waals surface area contributed by atoms with Crippen LogP contribution in [0.3, 0.4) is 0 Å². The molecule has 0 radical (unpaired) electrons. The Kier molecular flexibility index (Phi) is 10.5. The van der Waals surface area contributed by atoms with Crippen LogP contribution in [0.4, 0.5) is 37.6 Å². The summed E-state index contributed by atoms with van der Waals surface area (Å²) in [5, 5.41) is 5.35. The van der Waals surface area contributed by atoms with Crippen LogP contribution in [-0.4, -0.2) is 73.5 Å². The number of nitrogens with zero attached hydrogens (tertiary/aromatic N) is 4. The summed E-state index contributed by atoms with van der Waals surface area (Å²) in [6.07, 6.45) is 0.991. The number of rotatable bonds is 12. The minimum Gasteiger partial charge on any atom is -0.489 e. The lowest BCUT2D eigenvalue weighted by Crippen LogP contribution is -2.49. The van der Waals surface area contributed by atoms with E-state index in [1.54, 1.807) is 26.0 Å². The van der Waals surface area contributed by atoms with E-state index in [9.17, 15) is 17.2 Å². The number of hydrogen-bond donors (Lipinski definition) is 2. The van der Waals surface area contributed by atoms with Crippen molar-refractivity contribution in [2.75, 3.05) is 41.7 Å². The average Bonchev–Trinajstić information content (AvgIpc) is 2.95. The molecular formula is C31H42F2N6O4S. The molecule has 3 aromatic rings. The summed E-state index contributed by atoms with van der Waals surface area (Å²) in [7, 11) is -3.70. The number of ether oxygens (including phenoxy) is 2. The summed E-state index contributed by atoms with van der Waals surface area (Å²) in [5.41, 5.74) is 2.86. The van der Waals surface area contributed by atoms with Crippen molar-refractivity contribution in [3.05, 3.63) is 48.2 Å². The third-order valence-electron chi connectivity index (χ3n) is 7.33. The smallest absolute Gasteiger partial charge is 0.387 e. The summed E-state index contributed by atoms with van der Waals surface area (Å²) in [5.74, 6) is 0.195. The number of alkyl halides is 2. The van der Waals surface area contributed by atoms with Crippen molar-refractivity contribution in [3.63, 3.8) is 0 Å². The van der Waals surface area contributed by atoms with E-state index in [4.69, 9.17) is 4.74 Å². The Bertz CT molecular complexity index is 1540. The molecule has 4 rings (SSSR count). The number of sulfone groups is 1. The van der Waals surface area contributed by atoms with Crippen LogP contribution in [0.25, 0.3) is 0 Å². The maximum absolute atomic E-state index is 13.3. The molecule has 0 atom stereocenters. The monoisotopic (exact) mass is 632 g/mol. The van der Waals surface area contributed by atoms with Gasteiger partial charge in [-0.1, -0.05) is 12.1 Å². The van der Waals surface area contributed by atoms with Gasteiger partial charge in [-0.3, -0.25) is 4.90 Å². The maximum atomic E-state index is 13.3. The maximum Gasteiger partial charge on any atom is 0.387 e. The number of benzene rings is 2. The van der Waals surface area contributed by atoms with Crippen molar-refractivity contribution in [1.82, 2.24) is 14.9 Å². The van der Waals surface area contributed by atoms with E-state index in [1.807, 2.05) is 32.9 Å². The second kappa shape index (κ2) is 13.9. The highest BCUT2D eigenvalue weighted by Crippen LogP contribution is 2.37. The molecule has 0 aliphatic carbocycles. The van der Waals surface area contributed by atoms with Crippen LogP contribution in [0.15, 0.2) is 47.5 Å². The zero-order chi connectivity index (χ0) is 32.2. The number of hydrogen-bond acceptors (Lipinski definition) is 10. The Labute approximate surface area is 258 Å². The molecule has 240 valence electrons. The fraction of sp³-hybridized carbons (Fsp3) is 0.484. The van der Waals surface area contributed by atoms with E-state index in [2.05, 4.69) is 49.0 Å². The summed E-state index contributed by atoms with van der Waals surface area (Å²) in [6.45, 7) is 14.0. The van der Waals surface area contributed by atoms with Crippen LogP contribution in [0.1, 0.15) is 47.1 Å². The molecule has 2 N–H and O–H groups in total. The molecule has 44 heavy (non-hydrogen) atoms. The molecule has 2 heterocycles. The van der Waals surface area contributed by atoms with Gasteiger partial charge in [-0.15, -0.1) is 0 Å².